The van der Waals surface area contributed by atoms with Crippen molar-refractivity contribution < 1.29 is 8.83 Å². The Bertz CT molecular complexity index is 3480. The molecule has 0 amide bonds. The Balaban J connectivity index is 1.16. The van der Waals surface area contributed by atoms with E-state index in [1.54, 1.807) is 0 Å². The number of benzene rings is 10. The zero-order chi connectivity index (χ0) is 38.7. The molecule has 13 rings (SSSR count). The number of hydrogen-bond acceptors (Lipinski definition) is 2. The Kier molecular flexibility index (Phi) is 6.68. The van der Waals surface area contributed by atoms with Gasteiger partial charge >= 0.3 is 0 Å². The van der Waals surface area contributed by atoms with Crippen LogP contribution in [-0.4, -0.2) is 0 Å². The summed E-state index contributed by atoms with van der Waals surface area (Å²) in [5.74, 6) is 0. The van der Waals surface area contributed by atoms with Gasteiger partial charge in [0.2, 0.25) is 0 Å². The van der Waals surface area contributed by atoms with Gasteiger partial charge in [-0.1, -0.05) is 182 Å². The molecule has 0 saturated carbocycles. The molecule has 2 heteroatoms. The highest BCUT2D eigenvalue weighted by molar-refractivity contribution is 6.29. The van der Waals surface area contributed by atoms with E-state index in [1.807, 2.05) is 12.1 Å². The van der Waals surface area contributed by atoms with Gasteiger partial charge in [0.1, 0.15) is 22.3 Å². The van der Waals surface area contributed by atoms with Crippen LogP contribution in [0.2, 0.25) is 0 Å². The molecule has 2 heterocycles. The first kappa shape index (κ1) is 32.4. The summed E-state index contributed by atoms with van der Waals surface area (Å²) in [7, 11) is 0. The SMILES string of the molecule is c1ccc(C2(c3ccccc3)c3ccccc3-c3ccc(-c4c5ccccc5c(-c5c6oc7ccccc7c6cc6c5oc5ccccc56)c5ccccc45)cc32)cc1. The van der Waals surface area contributed by atoms with Crippen LogP contribution in [-0.2, 0) is 5.41 Å². The van der Waals surface area contributed by atoms with Gasteiger partial charge in [0.25, 0.3) is 0 Å². The number of rotatable bonds is 4. The Labute approximate surface area is 340 Å². The van der Waals surface area contributed by atoms with E-state index in [9.17, 15) is 0 Å². The van der Waals surface area contributed by atoms with Crippen LogP contribution < -0.4 is 0 Å². The van der Waals surface area contributed by atoms with Gasteiger partial charge in [-0.25, -0.2) is 0 Å². The Morgan fingerprint density at radius 2 is 0.729 bits per heavy atom. The van der Waals surface area contributed by atoms with Crippen molar-refractivity contribution in [2.24, 2.45) is 0 Å². The lowest BCUT2D eigenvalue weighted by molar-refractivity contribution is 0.658. The Morgan fingerprint density at radius 1 is 0.288 bits per heavy atom. The van der Waals surface area contributed by atoms with E-state index in [-0.39, 0.29) is 0 Å². The summed E-state index contributed by atoms with van der Waals surface area (Å²) in [6, 6.07) is 75.0. The third-order valence-electron chi connectivity index (χ3n) is 12.9. The Morgan fingerprint density at radius 3 is 1.29 bits per heavy atom. The van der Waals surface area contributed by atoms with Crippen molar-refractivity contribution in [3.63, 3.8) is 0 Å². The largest absolute Gasteiger partial charge is 0.455 e. The maximum atomic E-state index is 6.88. The zero-order valence-electron chi connectivity index (χ0n) is 31.9. The zero-order valence-corrected chi connectivity index (χ0v) is 31.9. The number of fused-ring (bicyclic) bond motifs is 11. The smallest absolute Gasteiger partial charge is 0.147 e. The first-order chi connectivity index (χ1) is 29.3. The van der Waals surface area contributed by atoms with Gasteiger partial charge in [-0.3, -0.25) is 0 Å². The van der Waals surface area contributed by atoms with Gasteiger partial charge < -0.3 is 8.83 Å². The molecule has 10 aromatic carbocycles. The molecule has 2 aromatic heterocycles. The predicted molar refractivity (Wildman–Crippen MR) is 244 cm³/mol. The van der Waals surface area contributed by atoms with Gasteiger partial charge in [-0.05, 0) is 90.3 Å². The van der Waals surface area contributed by atoms with E-state index in [4.69, 9.17) is 8.83 Å². The van der Waals surface area contributed by atoms with Gasteiger partial charge in [-0.2, -0.15) is 0 Å². The second-order valence-corrected chi connectivity index (χ2v) is 15.8. The summed E-state index contributed by atoms with van der Waals surface area (Å²) in [6.45, 7) is 0. The van der Waals surface area contributed by atoms with Crippen LogP contribution in [0.1, 0.15) is 22.3 Å². The standard InChI is InChI=1S/C57H34O2/c1-3-17-36(18-4-1)57(37-19-5-2-6-20-37)48-28-14-11-21-38(48)39-32-31-35(33-49(39)57)52-42-24-7-9-26-44(42)53(45-27-10-8-25-43(45)52)54-55-46(40-22-12-15-29-50(40)58-55)34-47-41-23-13-16-30-51(41)59-56(47)54/h1-34H. The summed E-state index contributed by atoms with van der Waals surface area (Å²) in [5.41, 5.74) is 15.1. The fourth-order valence-electron chi connectivity index (χ4n) is 10.6. The minimum absolute atomic E-state index is 0.500. The lowest BCUT2D eigenvalue weighted by atomic mass is 9.67. The molecule has 0 atom stereocenters. The summed E-state index contributed by atoms with van der Waals surface area (Å²) in [6.07, 6.45) is 0. The second-order valence-electron chi connectivity index (χ2n) is 15.8. The highest BCUT2D eigenvalue weighted by Gasteiger charge is 2.46. The molecule has 2 nitrogen and oxygen atoms in total. The number of furan rings is 2. The van der Waals surface area contributed by atoms with E-state index in [0.717, 1.165) is 65.8 Å². The van der Waals surface area contributed by atoms with Crippen LogP contribution in [0.15, 0.2) is 215 Å². The van der Waals surface area contributed by atoms with E-state index in [0.29, 0.717) is 0 Å². The highest BCUT2D eigenvalue weighted by atomic mass is 16.3. The molecule has 59 heavy (non-hydrogen) atoms. The average Bonchev–Trinajstić information content (AvgIpc) is 3.96. The van der Waals surface area contributed by atoms with Crippen molar-refractivity contribution in [3.8, 4) is 33.4 Å². The maximum absolute atomic E-state index is 6.88. The third kappa shape index (κ3) is 4.35. The van der Waals surface area contributed by atoms with Crippen molar-refractivity contribution in [2.45, 2.75) is 5.41 Å². The van der Waals surface area contributed by atoms with E-state index >= 15 is 0 Å². The van der Waals surface area contributed by atoms with Gasteiger partial charge in [0, 0.05) is 27.1 Å². The van der Waals surface area contributed by atoms with E-state index in [2.05, 4.69) is 194 Å². The normalized spacial score (nSPS) is 13.2. The molecule has 0 unspecified atom stereocenters. The summed E-state index contributed by atoms with van der Waals surface area (Å²) >= 11 is 0. The van der Waals surface area contributed by atoms with Crippen molar-refractivity contribution in [1.29, 1.82) is 0 Å². The predicted octanol–water partition coefficient (Wildman–Crippen LogP) is 15.5. The minimum atomic E-state index is -0.500. The molecule has 0 N–H and O–H groups in total. The monoisotopic (exact) mass is 750 g/mol. The lowest BCUT2D eigenvalue weighted by Crippen LogP contribution is -2.28. The summed E-state index contributed by atoms with van der Waals surface area (Å²) in [5, 5.41) is 9.03. The summed E-state index contributed by atoms with van der Waals surface area (Å²) in [4.78, 5) is 0. The fourth-order valence-corrected chi connectivity index (χ4v) is 10.6. The molecule has 274 valence electrons. The molecule has 0 saturated heterocycles. The van der Waals surface area contributed by atoms with Crippen molar-refractivity contribution in [1.82, 2.24) is 0 Å². The fraction of sp³-hybridized carbons (Fsp3) is 0.0175. The van der Waals surface area contributed by atoms with Gasteiger partial charge in [0.15, 0.2) is 0 Å². The van der Waals surface area contributed by atoms with Crippen molar-refractivity contribution >= 4 is 65.4 Å². The molecule has 12 aromatic rings. The molecule has 1 aliphatic carbocycles. The molecule has 0 radical (unpaired) electrons. The number of para-hydroxylation sites is 2. The van der Waals surface area contributed by atoms with Crippen LogP contribution in [0.5, 0.6) is 0 Å². The van der Waals surface area contributed by atoms with Crippen LogP contribution in [0.4, 0.5) is 0 Å². The van der Waals surface area contributed by atoms with Crippen molar-refractivity contribution in [2.75, 3.05) is 0 Å². The van der Waals surface area contributed by atoms with Crippen molar-refractivity contribution in [3.05, 3.63) is 229 Å². The molecular formula is C57H34O2. The van der Waals surface area contributed by atoms with Crippen LogP contribution in [0.3, 0.4) is 0 Å². The maximum Gasteiger partial charge on any atom is 0.147 e. The van der Waals surface area contributed by atoms with Gasteiger partial charge in [-0.15, -0.1) is 0 Å². The first-order valence-electron chi connectivity index (χ1n) is 20.3. The van der Waals surface area contributed by atoms with Crippen LogP contribution >= 0.6 is 0 Å². The summed E-state index contributed by atoms with van der Waals surface area (Å²) < 4.78 is 13.8. The third-order valence-corrected chi connectivity index (χ3v) is 12.9. The lowest BCUT2D eigenvalue weighted by Gasteiger charge is -2.34. The topological polar surface area (TPSA) is 26.3 Å². The van der Waals surface area contributed by atoms with Crippen LogP contribution in [0, 0.1) is 0 Å². The molecule has 0 aliphatic heterocycles. The minimum Gasteiger partial charge on any atom is -0.455 e. The first-order valence-corrected chi connectivity index (χ1v) is 20.3. The Hall–Kier alpha value is -7.68. The molecule has 1 aliphatic rings. The molecule has 0 spiro atoms. The highest BCUT2D eigenvalue weighted by Crippen LogP contribution is 2.58. The average molecular weight is 751 g/mol. The quantitative estimate of drug-likeness (QED) is 0.167. The van der Waals surface area contributed by atoms with E-state index < -0.39 is 5.41 Å². The molecule has 0 bridgehead atoms. The molecule has 0 fully saturated rings. The number of hydrogen-bond donors (Lipinski definition) is 0. The van der Waals surface area contributed by atoms with Gasteiger partial charge in [0.05, 0.1) is 11.0 Å². The second kappa shape index (κ2) is 12.2. The van der Waals surface area contributed by atoms with Crippen LogP contribution in [0.25, 0.3) is 98.8 Å². The molecular weight excluding hydrogens is 717 g/mol. The van der Waals surface area contributed by atoms with E-state index in [1.165, 1.54) is 55.3 Å².